The van der Waals surface area contributed by atoms with Crippen LogP contribution in [0.3, 0.4) is 0 Å². The first-order valence-corrected chi connectivity index (χ1v) is 11.1. The summed E-state index contributed by atoms with van der Waals surface area (Å²) in [7, 11) is 0. The average molecular weight is 431 g/mol. The molecule has 0 bridgehead atoms. The topological polar surface area (TPSA) is 67.4 Å². The highest BCUT2D eigenvalue weighted by Gasteiger charge is 2.21. The van der Waals surface area contributed by atoms with E-state index >= 15 is 0 Å². The van der Waals surface area contributed by atoms with Gasteiger partial charge in [0, 0.05) is 13.0 Å². The van der Waals surface area contributed by atoms with Crippen molar-refractivity contribution in [2.45, 2.75) is 38.2 Å². The SMILES string of the molecule is O=C(CCCCCNC(=O)C(c1ccccc1)c1ccccc1)NOCc1ccccc1. The van der Waals surface area contributed by atoms with E-state index in [1.807, 2.05) is 91.0 Å². The van der Waals surface area contributed by atoms with E-state index in [0.717, 1.165) is 36.0 Å². The molecule has 0 atom stereocenters. The van der Waals surface area contributed by atoms with Gasteiger partial charge < -0.3 is 5.32 Å². The van der Waals surface area contributed by atoms with Gasteiger partial charge in [0.05, 0.1) is 12.5 Å². The van der Waals surface area contributed by atoms with Crippen LogP contribution in [0.5, 0.6) is 0 Å². The van der Waals surface area contributed by atoms with Gasteiger partial charge in [0.2, 0.25) is 11.8 Å². The van der Waals surface area contributed by atoms with Crippen LogP contribution in [0.2, 0.25) is 0 Å². The number of hydrogen-bond donors (Lipinski definition) is 2. The molecule has 0 radical (unpaired) electrons. The van der Waals surface area contributed by atoms with Crippen LogP contribution in [0.1, 0.15) is 48.3 Å². The summed E-state index contributed by atoms with van der Waals surface area (Å²) in [5.74, 6) is -0.461. The van der Waals surface area contributed by atoms with Crippen LogP contribution in [-0.2, 0) is 21.0 Å². The van der Waals surface area contributed by atoms with Crippen LogP contribution in [-0.4, -0.2) is 18.4 Å². The number of benzene rings is 3. The van der Waals surface area contributed by atoms with Crippen LogP contribution in [0.4, 0.5) is 0 Å². The lowest BCUT2D eigenvalue weighted by Crippen LogP contribution is -2.30. The van der Waals surface area contributed by atoms with Crippen molar-refractivity contribution in [1.82, 2.24) is 10.8 Å². The predicted molar refractivity (Wildman–Crippen MR) is 126 cm³/mol. The molecular formula is C27H30N2O3. The minimum atomic E-state index is -0.329. The summed E-state index contributed by atoms with van der Waals surface area (Å²) in [6.45, 7) is 0.934. The number of hydrogen-bond acceptors (Lipinski definition) is 3. The molecule has 0 fully saturated rings. The second-order valence-corrected chi connectivity index (χ2v) is 7.66. The summed E-state index contributed by atoms with van der Waals surface area (Å²) in [5, 5.41) is 3.06. The molecule has 166 valence electrons. The van der Waals surface area contributed by atoms with Gasteiger partial charge in [-0.3, -0.25) is 14.4 Å². The largest absolute Gasteiger partial charge is 0.355 e. The van der Waals surface area contributed by atoms with Crippen LogP contribution < -0.4 is 10.8 Å². The Morgan fingerprint density at radius 1 is 0.719 bits per heavy atom. The quantitative estimate of drug-likeness (QED) is 0.322. The maximum absolute atomic E-state index is 12.9. The molecule has 3 aromatic carbocycles. The van der Waals surface area contributed by atoms with Gasteiger partial charge >= 0.3 is 0 Å². The maximum Gasteiger partial charge on any atom is 0.243 e. The van der Waals surface area contributed by atoms with Crippen molar-refractivity contribution in [2.75, 3.05) is 6.54 Å². The van der Waals surface area contributed by atoms with Gasteiger partial charge in [0.15, 0.2) is 0 Å². The molecule has 0 aromatic heterocycles. The molecule has 0 saturated heterocycles. The van der Waals surface area contributed by atoms with Gasteiger partial charge in [0.1, 0.15) is 0 Å². The zero-order chi connectivity index (χ0) is 22.4. The third-order valence-electron chi connectivity index (χ3n) is 5.18. The zero-order valence-electron chi connectivity index (χ0n) is 18.2. The molecule has 32 heavy (non-hydrogen) atoms. The Labute approximate surface area is 189 Å². The summed E-state index contributed by atoms with van der Waals surface area (Å²) in [6, 6.07) is 29.3. The minimum Gasteiger partial charge on any atom is -0.355 e. The third kappa shape index (κ3) is 7.67. The lowest BCUT2D eigenvalue weighted by Gasteiger charge is -2.18. The van der Waals surface area contributed by atoms with Gasteiger partial charge in [-0.05, 0) is 29.5 Å². The van der Waals surface area contributed by atoms with E-state index in [9.17, 15) is 9.59 Å². The van der Waals surface area contributed by atoms with Gasteiger partial charge in [0.25, 0.3) is 0 Å². The Morgan fingerprint density at radius 3 is 1.88 bits per heavy atom. The molecule has 0 unspecified atom stereocenters. The zero-order valence-corrected chi connectivity index (χ0v) is 18.2. The summed E-state index contributed by atoms with van der Waals surface area (Å²) in [4.78, 5) is 30.0. The van der Waals surface area contributed by atoms with E-state index in [4.69, 9.17) is 4.84 Å². The van der Waals surface area contributed by atoms with Gasteiger partial charge in [-0.2, -0.15) is 0 Å². The molecule has 0 aliphatic heterocycles. The normalized spacial score (nSPS) is 10.7. The first-order valence-electron chi connectivity index (χ1n) is 11.1. The smallest absolute Gasteiger partial charge is 0.243 e. The van der Waals surface area contributed by atoms with E-state index in [0.29, 0.717) is 19.6 Å². The number of unbranched alkanes of at least 4 members (excludes halogenated alkanes) is 2. The van der Waals surface area contributed by atoms with E-state index in [-0.39, 0.29) is 17.7 Å². The van der Waals surface area contributed by atoms with Crippen LogP contribution in [0, 0.1) is 0 Å². The summed E-state index contributed by atoms with van der Waals surface area (Å²) in [5.41, 5.74) is 5.44. The first kappa shape index (κ1) is 23.2. The van der Waals surface area contributed by atoms with E-state index in [2.05, 4.69) is 10.8 Å². The third-order valence-corrected chi connectivity index (χ3v) is 5.18. The highest BCUT2D eigenvalue weighted by atomic mass is 16.6. The minimum absolute atomic E-state index is 0.00513. The Kier molecular flexibility index (Phi) is 9.49. The number of carbonyl (C=O) groups excluding carboxylic acids is 2. The highest BCUT2D eigenvalue weighted by Crippen LogP contribution is 2.24. The Balaban J connectivity index is 1.34. The van der Waals surface area contributed by atoms with E-state index in [1.54, 1.807) is 0 Å². The molecule has 0 spiro atoms. The maximum atomic E-state index is 12.9. The summed E-state index contributed by atoms with van der Waals surface area (Å²) < 4.78 is 0. The van der Waals surface area contributed by atoms with Crippen LogP contribution in [0.25, 0.3) is 0 Å². The second-order valence-electron chi connectivity index (χ2n) is 7.66. The molecule has 2 amide bonds. The fourth-order valence-electron chi connectivity index (χ4n) is 3.51. The first-order chi connectivity index (χ1) is 15.7. The Bertz CT molecular complexity index is 907. The van der Waals surface area contributed by atoms with Crippen molar-refractivity contribution in [3.63, 3.8) is 0 Å². The number of nitrogens with one attached hydrogen (secondary N) is 2. The molecular weight excluding hydrogens is 400 g/mol. The fraction of sp³-hybridized carbons (Fsp3) is 0.259. The van der Waals surface area contributed by atoms with Crippen molar-refractivity contribution in [3.05, 3.63) is 108 Å². The van der Waals surface area contributed by atoms with Crippen molar-refractivity contribution < 1.29 is 14.4 Å². The monoisotopic (exact) mass is 430 g/mol. The van der Waals surface area contributed by atoms with Gasteiger partial charge in [-0.15, -0.1) is 0 Å². The van der Waals surface area contributed by atoms with Crippen molar-refractivity contribution in [3.8, 4) is 0 Å². The van der Waals surface area contributed by atoms with Crippen LogP contribution in [0.15, 0.2) is 91.0 Å². The predicted octanol–water partition coefficient (Wildman–Crippen LogP) is 4.74. The Morgan fingerprint density at radius 2 is 1.28 bits per heavy atom. The molecule has 0 heterocycles. The van der Waals surface area contributed by atoms with Gasteiger partial charge in [-0.25, -0.2) is 5.48 Å². The number of carbonyl (C=O) groups is 2. The molecule has 5 nitrogen and oxygen atoms in total. The molecule has 5 heteroatoms. The van der Waals surface area contributed by atoms with Gasteiger partial charge in [-0.1, -0.05) is 97.4 Å². The Hall–Kier alpha value is -3.44. The molecule has 0 saturated carbocycles. The molecule has 0 aliphatic rings. The van der Waals surface area contributed by atoms with E-state index in [1.165, 1.54) is 0 Å². The second kappa shape index (κ2) is 13.1. The van der Waals surface area contributed by atoms with Crippen molar-refractivity contribution in [1.29, 1.82) is 0 Å². The lowest BCUT2D eigenvalue weighted by atomic mass is 9.90. The number of rotatable bonds is 12. The van der Waals surface area contributed by atoms with Crippen LogP contribution >= 0.6 is 0 Å². The fourth-order valence-corrected chi connectivity index (χ4v) is 3.51. The lowest BCUT2D eigenvalue weighted by molar-refractivity contribution is -0.134. The highest BCUT2D eigenvalue weighted by molar-refractivity contribution is 5.87. The van der Waals surface area contributed by atoms with Crippen molar-refractivity contribution >= 4 is 11.8 Å². The molecule has 3 aromatic rings. The molecule has 3 rings (SSSR count). The average Bonchev–Trinajstić information content (AvgIpc) is 2.83. The number of amides is 2. The summed E-state index contributed by atoms with van der Waals surface area (Å²) in [6.07, 6.45) is 2.82. The summed E-state index contributed by atoms with van der Waals surface area (Å²) >= 11 is 0. The molecule has 0 aliphatic carbocycles. The van der Waals surface area contributed by atoms with Crippen molar-refractivity contribution in [2.24, 2.45) is 0 Å². The molecule has 2 N–H and O–H groups in total. The van der Waals surface area contributed by atoms with E-state index < -0.39 is 0 Å². The standard InChI is InChI=1S/C27H30N2O3/c30-25(29-32-21-22-13-5-1-6-14-22)19-11-4-12-20-28-27(31)26(23-15-7-2-8-16-23)24-17-9-3-10-18-24/h1-3,5-10,13-18,26H,4,11-12,19-21H2,(H,28,31)(H,29,30). The number of hydroxylamine groups is 1.